The first-order valence-corrected chi connectivity index (χ1v) is 4.78. The molecule has 6 heteroatoms. The molecule has 0 unspecified atom stereocenters. The van der Waals surface area contributed by atoms with E-state index in [1.165, 1.54) is 4.90 Å². The summed E-state index contributed by atoms with van der Waals surface area (Å²) in [6.07, 6.45) is 0.506. The third kappa shape index (κ3) is 3.32. The van der Waals surface area contributed by atoms with Crippen molar-refractivity contribution in [3.63, 3.8) is 0 Å². The van der Waals surface area contributed by atoms with Crippen molar-refractivity contribution in [3.8, 4) is 0 Å². The third-order valence-electron chi connectivity index (χ3n) is 2.39. The van der Waals surface area contributed by atoms with Crippen molar-refractivity contribution in [2.75, 3.05) is 13.1 Å². The van der Waals surface area contributed by atoms with Gasteiger partial charge in [-0.25, -0.2) is 0 Å². The number of carbonyl (C=O) groups excluding carboxylic acids is 2. The summed E-state index contributed by atoms with van der Waals surface area (Å²) in [6.45, 7) is 0.758. The molecular weight excluding hydrogens is 200 g/mol. The summed E-state index contributed by atoms with van der Waals surface area (Å²) in [4.78, 5) is 34.3. The molecule has 3 N–H and O–H groups in total. The van der Waals surface area contributed by atoms with Crippen molar-refractivity contribution < 1.29 is 19.5 Å². The number of carboxylic acids is 1. The number of carbonyl (C=O) groups is 3. The molecule has 0 spiro atoms. The fourth-order valence-electron chi connectivity index (χ4n) is 1.41. The van der Waals surface area contributed by atoms with Crippen molar-refractivity contribution in [2.24, 2.45) is 5.73 Å². The molecule has 1 heterocycles. The fraction of sp³-hybridized carbons (Fsp3) is 0.667. The molecule has 1 aliphatic rings. The Labute approximate surface area is 87.0 Å². The van der Waals surface area contributed by atoms with Gasteiger partial charge in [-0.1, -0.05) is 0 Å². The minimum absolute atomic E-state index is 0.140. The number of amides is 1. The van der Waals surface area contributed by atoms with E-state index in [1.807, 2.05) is 0 Å². The van der Waals surface area contributed by atoms with Gasteiger partial charge in [-0.15, -0.1) is 0 Å². The first-order chi connectivity index (χ1) is 7.00. The van der Waals surface area contributed by atoms with Gasteiger partial charge in [0.05, 0.1) is 6.42 Å². The van der Waals surface area contributed by atoms with Gasteiger partial charge in [0, 0.05) is 25.9 Å². The number of hydrogen-bond donors (Lipinski definition) is 2. The largest absolute Gasteiger partial charge is 0.480 e. The van der Waals surface area contributed by atoms with Crippen LogP contribution in [0.1, 0.15) is 19.3 Å². The van der Waals surface area contributed by atoms with Gasteiger partial charge in [0.1, 0.15) is 11.8 Å². The van der Waals surface area contributed by atoms with E-state index in [0.29, 0.717) is 25.9 Å². The fourth-order valence-corrected chi connectivity index (χ4v) is 1.41. The Morgan fingerprint density at radius 2 is 1.93 bits per heavy atom. The minimum atomic E-state index is -1.18. The Kier molecular flexibility index (Phi) is 3.79. The van der Waals surface area contributed by atoms with E-state index in [-0.39, 0.29) is 18.1 Å². The summed E-state index contributed by atoms with van der Waals surface area (Å²) in [5.41, 5.74) is 5.24. The zero-order chi connectivity index (χ0) is 11.4. The van der Waals surface area contributed by atoms with Crippen LogP contribution in [0.15, 0.2) is 0 Å². The molecule has 0 aliphatic carbocycles. The number of likely N-dealkylation sites (tertiary alicyclic amines) is 1. The summed E-state index contributed by atoms with van der Waals surface area (Å²) in [7, 11) is 0. The first kappa shape index (κ1) is 11.6. The van der Waals surface area contributed by atoms with Gasteiger partial charge in [-0.05, 0) is 0 Å². The predicted molar refractivity (Wildman–Crippen MR) is 51.0 cm³/mol. The van der Waals surface area contributed by atoms with Gasteiger partial charge in [0.25, 0.3) is 0 Å². The molecule has 1 amide bonds. The van der Waals surface area contributed by atoms with E-state index < -0.39 is 12.0 Å². The van der Waals surface area contributed by atoms with Crippen LogP contribution in [0.2, 0.25) is 0 Å². The maximum Gasteiger partial charge on any atom is 0.321 e. The van der Waals surface area contributed by atoms with Gasteiger partial charge in [0.2, 0.25) is 5.91 Å². The topological polar surface area (TPSA) is 101 Å². The van der Waals surface area contributed by atoms with Crippen LogP contribution in [0.5, 0.6) is 0 Å². The number of nitrogens with zero attached hydrogens (tertiary/aromatic N) is 1. The molecule has 1 fully saturated rings. The lowest BCUT2D eigenvalue weighted by molar-refractivity contribution is -0.143. The number of piperidine rings is 1. The summed E-state index contributed by atoms with van der Waals surface area (Å²) in [5.74, 6) is -1.34. The second kappa shape index (κ2) is 4.88. The molecule has 1 rings (SSSR count). The summed E-state index contributed by atoms with van der Waals surface area (Å²) in [6, 6.07) is -1.16. The van der Waals surface area contributed by atoms with Crippen LogP contribution in [-0.2, 0) is 14.4 Å². The number of ketones is 1. The van der Waals surface area contributed by atoms with Crippen LogP contribution in [0.3, 0.4) is 0 Å². The minimum Gasteiger partial charge on any atom is -0.480 e. The molecule has 1 aliphatic heterocycles. The highest BCUT2D eigenvalue weighted by atomic mass is 16.4. The molecule has 1 saturated heterocycles. The number of hydrogen-bond acceptors (Lipinski definition) is 4. The van der Waals surface area contributed by atoms with Gasteiger partial charge in [-0.2, -0.15) is 0 Å². The molecule has 0 bridgehead atoms. The van der Waals surface area contributed by atoms with E-state index in [2.05, 4.69) is 0 Å². The van der Waals surface area contributed by atoms with Crippen LogP contribution in [-0.4, -0.2) is 46.8 Å². The third-order valence-corrected chi connectivity index (χ3v) is 2.39. The number of nitrogens with two attached hydrogens (primary N) is 1. The van der Waals surface area contributed by atoms with Crippen LogP contribution < -0.4 is 5.73 Å². The number of Topliss-reactive ketones (excluding diaryl/α,β-unsaturated/α-hetero) is 1. The Hall–Kier alpha value is -1.43. The Morgan fingerprint density at radius 3 is 2.40 bits per heavy atom. The molecule has 0 radical (unpaired) electrons. The standard InChI is InChI=1S/C9H14N2O4/c10-7(9(14)15)5-8(13)11-3-1-6(12)2-4-11/h7H,1-5,10H2,(H,14,15)/t7-/m1/s1. The number of aliphatic carboxylic acids is 1. The van der Waals surface area contributed by atoms with Gasteiger partial charge < -0.3 is 15.7 Å². The first-order valence-electron chi connectivity index (χ1n) is 4.78. The van der Waals surface area contributed by atoms with E-state index in [0.717, 1.165) is 0 Å². The molecule has 84 valence electrons. The lowest BCUT2D eigenvalue weighted by atomic mass is 10.1. The second-order valence-corrected chi connectivity index (χ2v) is 3.57. The van der Waals surface area contributed by atoms with E-state index >= 15 is 0 Å². The Bertz CT molecular complexity index is 280. The maximum absolute atomic E-state index is 11.5. The summed E-state index contributed by atoms with van der Waals surface area (Å²) < 4.78 is 0. The Morgan fingerprint density at radius 1 is 1.40 bits per heavy atom. The zero-order valence-electron chi connectivity index (χ0n) is 8.31. The molecule has 0 aromatic carbocycles. The smallest absolute Gasteiger partial charge is 0.321 e. The van der Waals surface area contributed by atoms with Crippen molar-refractivity contribution >= 4 is 17.7 Å². The van der Waals surface area contributed by atoms with Gasteiger partial charge in [-0.3, -0.25) is 14.4 Å². The number of rotatable bonds is 3. The van der Waals surface area contributed by atoms with Crippen molar-refractivity contribution in [1.82, 2.24) is 4.90 Å². The summed E-state index contributed by atoms with van der Waals surface area (Å²) in [5, 5.41) is 8.52. The average Bonchev–Trinajstić information content (AvgIpc) is 2.18. The van der Waals surface area contributed by atoms with Crippen molar-refractivity contribution in [3.05, 3.63) is 0 Å². The number of carboxylic acid groups (broad SMARTS) is 1. The molecule has 15 heavy (non-hydrogen) atoms. The second-order valence-electron chi connectivity index (χ2n) is 3.57. The van der Waals surface area contributed by atoms with E-state index in [9.17, 15) is 14.4 Å². The molecule has 1 atom stereocenters. The van der Waals surface area contributed by atoms with Gasteiger partial charge in [0.15, 0.2) is 0 Å². The lowest BCUT2D eigenvalue weighted by Gasteiger charge is -2.26. The monoisotopic (exact) mass is 214 g/mol. The quantitative estimate of drug-likeness (QED) is 0.626. The van der Waals surface area contributed by atoms with Crippen molar-refractivity contribution in [2.45, 2.75) is 25.3 Å². The molecule has 0 saturated carbocycles. The van der Waals surface area contributed by atoms with Crippen LogP contribution in [0.4, 0.5) is 0 Å². The van der Waals surface area contributed by atoms with Gasteiger partial charge >= 0.3 is 5.97 Å². The van der Waals surface area contributed by atoms with Crippen LogP contribution >= 0.6 is 0 Å². The lowest BCUT2D eigenvalue weighted by Crippen LogP contribution is -2.43. The molecule has 6 nitrogen and oxygen atoms in total. The van der Waals surface area contributed by atoms with Crippen LogP contribution in [0.25, 0.3) is 0 Å². The van der Waals surface area contributed by atoms with E-state index in [1.54, 1.807) is 0 Å². The van der Waals surface area contributed by atoms with E-state index in [4.69, 9.17) is 10.8 Å². The van der Waals surface area contributed by atoms with Crippen molar-refractivity contribution in [1.29, 1.82) is 0 Å². The molecule has 0 aromatic heterocycles. The highest BCUT2D eigenvalue weighted by molar-refractivity contribution is 5.86. The highest BCUT2D eigenvalue weighted by Crippen LogP contribution is 2.07. The zero-order valence-corrected chi connectivity index (χ0v) is 8.31. The predicted octanol–water partition coefficient (Wildman–Crippen LogP) is -1.02. The van der Waals surface area contributed by atoms with Crippen LogP contribution in [0, 0.1) is 0 Å². The summed E-state index contributed by atoms with van der Waals surface area (Å²) >= 11 is 0. The Balaban J connectivity index is 2.40. The SMILES string of the molecule is N[C@H](CC(=O)N1CCC(=O)CC1)C(=O)O. The normalized spacial score (nSPS) is 18.7. The highest BCUT2D eigenvalue weighted by Gasteiger charge is 2.24. The average molecular weight is 214 g/mol. The molecule has 0 aromatic rings. The maximum atomic E-state index is 11.5. The molecular formula is C9H14N2O4.